The number of hydrogen-bond acceptors (Lipinski definition) is 6. The van der Waals surface area contributed by atoms with Gasteiger partial charge in [-0.2, -0.15) is 4.98 Å². The van der Waals surface area contributed by atoms with Crippen LogP contribution in [0.4, 0.5) is 4.79 Å². The van der Waals surface area contributed by atoms with Gasteiger partial charge < -0.3 is 14.6 Å². The molecule has 0 spiro atoms. The molecule has 1 atom stereocenters. The molecule has 1 unspecified atom stereocenters. The van der Waals surface area contributed by atoms with E-state index in [4.69, 9.17) is 20.9 Å². The van der Waals surface area contributed by atoms with Gasteiger partial charge in [0.2, 0.25) is 5.82 Å². The molecule has 0 radical (unpaired) electrons. The average molecular weight is 445 g/mol. The third-order valence-corrected chi connectivity index (χ3v) is 6.05. The molecule has 7 nitrogen and oxygen atoms in total. The number of carbonyl (C=O) groups is 1. The second-order valence-corrected chi connectivity index (χ2v) is 8.22. The van der Waals surface area contributed by atoms with Crippen LogP contribution in [0.2, 0.25) is 5.02 Å². The number of allylic oxidation sites excluding steroid dienone is 1. The zero-order valence-electron chi connectivity index (χ0n) is 16.6. The molecular formula is C21H21ClN4O3S. The van der Waals surface area contributed by atoms with Crippen molar-refractivity contribution in [2.24, 2.45) is 0 Å². The third kappa shape index (κ3) is 4.12. The number of amides is 2. The molecule has 3 aromatic rings. The topological polar surface area (TPSA) is 80.5 Å². The average Bonchev–Trinajstić information content (AvgIpc) is 3.42. The van der Waals surface area contributed by atoms with Crippen LogP contribution in [0.3, 0.4) is 0 Å². The van der Waals surface area contributed by atoms with E-state index in [2.05, 4.69) is 15.5 Å². The highest BCUT2D eigenvalue weighted by atomic mass is 35.5. The molecule has 0 bridgehead atoms. The van der Waals surface area contributed by atoms with E-state index in [1.165, 1.54) is 0 Å². The maximum Gasteiger partial charge on any atom is 0.322 e. The van der Waals surface area contributed by atoms with E-state index < -0.39 is 6.04 Å². The van der Waals surface area contributed by atoms with Gasteiger partial charge in [-0.1, -0.05) is 35.0 Å². The summed E-state index contributed by atoms with van der Waals surface area (Å²) in [4.78, 5) is 20.1. The molecule has 1 aromatic carbocycles. The molecule has 2 amide bonds. The molecule has 2 aromatic heterocycles. The van der Waals surface area contributed by atoms with Gasteiger partial charge in [0.15, 0.2) is 0 Å². The summed E-state index contributed by atoms with van der Waals surface area (Å²) in [6, 6.07) is 10.6. The van der Waals surface area contributed by atoms with Gasteiger partial charge in [0.1, 0.15) is 0 Å². The van der Waals surface area contributed by atoms with Crippen molar-refractivity contribution in [3.05, 3.63) is 64.0 Å². The maximum atomic E-state index is 12.9. The maximum absolute atomic E-state index is 12.9. The fourth-order valence-electron chi connectivity index (χ4n) is 3.44. The van der Waals surface area contributed by atoms with Crippen LogP contribution in [0.15, 0.2) is 52.0 Å². The van der Waals surface area contributed by atoms with Crippen LogP contribution in [0, 0.1) is 0 Å². The number of methoxy groups -OCH3 is 1. The van der Waals surface area contributed by atoms with Crippen molar-refractivity contribution in [1.29, 1.82) is 0 Å². The van der Waals surface area contributed by atoms with Crippen LogP contribution in [-0.4, -0.2) is 41.3 Å². The second kappa shape index (κ2) is 8.99. The predicted molar refractivity (Wildman–Crippen MR) is 116 cm³/mol. The van der Waals surface area contributed by atoms with Crippen LogP contribution < -0.4 is 5.32 Å². The largest absolute Gasteiger partial charge is 0.385 e. The van der Waals surface area contributed by atoms with Crippen LogP contribution in [0.5, 0.6) is 0 Å². The summed E-state index contributed by atoms with van der Waals surface area (Å²) in [5, 5.41) is 9.81. The van der Waals surface area contributed by atoms with Gasteiger partial charge in [-0.05, 0) is 42.5 Å². The Morgan fingerprint density at radius 2 is 2.10 bits per heavy atom. The molecule has 0 aliphatic carbocycles. The van der Waals surface area contributed by atoms with Gasteiger partial charge in [-0.25, -0.2) is 4.79 Å². The monoisotopic (exact) mass is 444 g/mol. The van der Waals surface area contributed by atoms with Gasteiger partial charge in [-0.3, -0.25) is 4.90 Å². The second-order valence-electron chi connectivity index (χ2n) is 6.83. The van der Waals surface area contributed by atoms with Crippen LogP contribution in [0.1, 0.15) is 30.8 Å². The normalized spacial score (nSPS) is 16.8. The lowest BCUT2D eigenvalue weighted by atomic mass is 9.94. The number of hydrogen-bond donors (Lipinski definition) is 1. The van der Waals surface area contributed by atoms with Crippen LogP contribution in [0.25, 0.3) is 16.3 Å². The van der Waals surface area contributed by atoms with E-state index in [1.54, 1.807) is 35.5 Å². The first-order valence-corrected chi connectivity index (χ1v) is 10.8. The fraction of sp³-hybridized carbons (Fsp3) is 0.286. The summed E-state index contributed by atoms with van der Waals surface area (Å²) < 4.78 is 10.8. The van der Waals surface area contributed by atoms with E-state index in [-0.39, 0.29) is 6.03 Å². The molecule has 0 fully saturated rings. The van der Waals surface area contributed by atoms with E-state index in [1.807, 2.05) is 36.6 Å². The highest BCUT2D eigenvalue weighted by molar-refractivity contribution is 7.13. The van der Waals surface area contributed by atoms with Crippen LogP contribution >= 0.6 is 22.9 Å². The SMILES string of the molecule is COCCCN1C(=O)NC(c2ccc(Cl)cc2)C(c2nc(-c3cccs3)no2)=C1C. The summed E-state index contributed by atoms with van der Waals surface area (Å²) in [5.74, 6) is 0.908. The molecule has 156 valence electrons. The highest BCUT2D eigenvalue weighted by Crippen LogP contribution is 2.38. The number of rotatable bonds is 7. The Balaban J connectivity index is 1.76. The van der Waals surface area contributed by atoms with Gasteiger partial charge in [-0.15, -0.1) is 11.3 Å². The first-order valence-electron chi connectivity index (χ1n) is 9.49. The molecule has 30 heavy (non-hydrogen) atoms. The van der Waals surface area contributed by atoms with Gasteiger partial charge in [0.05, 0.1) is 16.5 Å². The lowest BCUT2D eigenvalue weighted by molar-refractivity contribution is 0.174. The Bertz CT molecular complexity index is 1050. The number of halogens is 1. The molecule has 3 heterocycles. The summed E-state index contributed by atoms with van der Waals surface area (Å²) >= 11 is 7.60. The summed E-state index contributed by atoms with van der Waals surface area (Å²) in [6.45, 7) is 2.99. The minimum absolute atomic E-state index is 0.176. The fourth-order valence-corrected chi connectivity index (χ4v) is 4.21. The summed E-state index contributed by atoms with van der Waals surface area (Å²) in [5.41, 5.74) is 2.43. The van der Waals surface area contributed by atoms with Crippen molar-refractivity contribution >= 4 is 34.5 Å². The standard InChI is InChI=1S/C21H21ClN4O3S/c1-13-17(20-24-19(25-29-20)16-5-3-12-30-16)18(14-6-8-15(22)9-7-14)23-21(27)26(13)10-4-11-28-2/h3,5-9,12,18H,4,10-11H2,1-2H3,(H,23,27). The number of thiophene rings is 1. The van der Waals surface area contributed by atoms with Crippen molar-refractivity contribution in [2.45, 2.75) is 19.4 Å². The van der Waals surface area contributed by atoms with E-state index >= 15 is 0 Å². The molecule has 1 aliphatic rings. The number of carbonyl (C=O) groups excluding carboxylic acids is 1. The Kier molecular flexibility index (Phi) is 6.17. The van der Waals surface area contributed by atoms with Crippen molar-refractivity contribution in [3.63, 3.8) is 0 Å². The van der Waals surface area contributed by atoms with E-state index in [0.29, 0.717) is 36.3 Å². The van der Waals surface area contributed by atoms with Crippen molar-refractivity contribution in [3.8, 4) is 10.7 Å². The first-order chi connectivity index (χ1) is 14.6. The number of ether oxygens (including phenoxy) is 1. The molecule has 4 rings (SSSR count). The van der Waals surface area contributed by atoms with Crippen molar-refractivity contribution < 1.29 is 14.1 Å². The van der Waals surface area contributed by atoms with E-state index in [9.17, 15) is 4.79 Å². The highest BCUT2D eigenvalue weighted by Gasteiger charge is 2.35. The molecule has 0 saturated carbocycles. The molecule has 1 aliphatic heterocycles. The molecular weight excluding hydrogens is 424 g/mol. The Hall–Kier alpha value is -2.68. The lowest BCUT2D eigenvalue weighted by Crippen LogP contribution is -2.46. The van der Waals surface area contributed by atoms with Gasteiger partial charge in [0, 0.05) is 31.0 Å². The minimum atomic E-state index is -0.426. The first kappa shape index (κ1) is 20.6. The van der Waals surface area contributed by atoms with Crippen molar-refractivity contribution in [1.82, 2.24) is 20.4 Å². The van der Waals surface area contributed by atoms with Crippen molar-refractivity contribution in [2.75, 3.05) is 20.3 Å². The van der Waals surface area contributed by atoms with Gasteiger partial charge >= 0.3 is 6.03 Å². The Morgan fingerprint density at radius 1 is 1.30 bits per heavy atom. The van der Waals surface area contributed by atoms with Gasteiger partial charge in [0.25, 0.3) is 5.89 Å². The quantitative estimate of drug-likeness (QED) is 0.519. The Labute approximate surface area is 183 Å². The third-order valence-electron chi connectivity index (χ3n) is 4.93. The number of benzene rings is 1. The number of urea groups is 1. The predicted octanol–water partition coefficient (Wildman–Crippen LogP) is 4.99. The lowest BCUT2D eigenvalue weighted by Gasteiger charge is -2.35. The smallest absolute Gasteiger partial charge is 0.322 e. The molecule has 0 saturated heterocycles. The minimum Gasteiger partial charge on any atom is -0.385 e. The molecule has 9 heteroatoms. The summed E-state index contributed by atoms with van der Waals surface area (Å²) in [6.07, 6.45) is 0.713. The van der Waals surface area contributed by atoms with Crippen LogP contribution in [-0.2, 0) is 4.74 Å². The number of nitrogens with zero attached hydrogens (tertiary/aromatic N) is 3. The number of nitrogens with one attached hydrogen (secondary N) is 1. The summed E-state index contributed by atoms with van der Waals surface area (Å²) in [7, 11) is 1.64. The molecule has 1 N–H and O–H groups in total. The number of aromatic nitrogens is 2. The Morgan fingerprint density at radius 3 is 2.80 bits per heavy atom. The van der Waals surface area contributed by atoms with E-state index in [0.717, 1.165) is 21.7 Å². The zero-order chi connectivity index (χ0) is 21.1. The zero-order valence-corrected chi connectivity index (χ0v) is 18.2.